The van der Waals surface area contributed by atoms with Crippen LogP contribution in [0, 0.1) is 12.8 Å². The molecule has 0 radical (unpaired) electrons. The van der Waals surface area contributed by atoms with Crippen LogP contribution in [0.25, 0.3) is 0 Å². The van der Waals surface area contributed by atoms with Crippen molar-refractivity contribution in [1.29, 1.82) is 0 Å². The number of hydrogen-bond donors (Lipinski definition) is 2. The van der Waals surface area contributed by atoms with E-state index in [1.165, 1.54) is 4.31 Å². The van der Waals surface area contributed by atoms with Crippen molar-refractivity contribution in [1.82, 2.24) is 4.31 Å². The zero-order valence-electron chi connectivity index (χ0n) is 11.4. The van der Waals surface area contributed by atoms with Crippen LogP contribution in [0.15, 0.2) is 18.2 Å². The first-order valence-electron chi connectivity index (χ1n) is 6.53. The molecule has 0 bridgehead atoms. The van der Waals surface area contributed by atoms with Crippen molar-refractivity contribution < 1.29 is 8.42 Å². The standard InChI is InChI=1S/C13H21N3O2S/c1-10-5-4-8-16(9-10)19(17,18)15-13-11(2)6-3-7-12(13)14/h3,6-7,10,15H,4-5,8-9,14H2,1-2H3. The summed E-state index contributed by atoms with van der Waals surface area (Å²) in [5.41, 5.74) is 7.61. The van der Waals surface area contributed by atoms with Gasteiger partial charge in [0.1, 0.15) is 0 Å². The minimum atomic E-state index is -3.51. The molecule has 6 heteroatoms. The summed E-state index contributed by atoms with van der Waals surface area (Å²) < 4.78 is 28.9. The van der Waals surface area contributed by atoms with Crippen molar-refractivity contribution in [3.63, 3.8) is 0 Å². The summed E-state index contributed by atoms with van der Waals surface area (Å²) in [6, 6.07) is 5.35. The number of anilines is 2. The largest absolute Gasteiger partial charge is 0.397 e. The lowest BCUT2D eigenvalue weighted by Crippen LogP contribution is -2.42. The van der Waals surface area contributed by atoms with Crippen molar-refractivity contribution in [2.45, 2.75) is 26.7 Å². The van der Waals surface area contributed by atoms with Crippen molar-refractivity contribution >= 4 is 21.6 Å². The van der Waals surface area contributed by atoms with Crippen LogP contribution in [0.5, 0.6) is 0 Å². The number of benzene rings is 1. The highest BCUT2D eigenvalue weighted by Gasteiger charge is 2.27. The molecule has 0 aliphatic carbocycles. The number of hydrogen-bond acceptors (Lipinski definition) is 3. The number of piperidine rings is 1. The number of rotatable bonds is 3. The average molecular weight is 283 g/mol. The lowest BCUT2D eigenvalue weighted by molar-refractivity contribution is 0.282. The molecule has 106 valence electrons. The Morgan fingerprint density at radius 3 is 2.79 bits per heavy atom. The monoisotopic (exact) mass is 283 g/mol. The summed E-state index contributed by atoms with van der Waals surface area (Å²) in [7, 11) is -3.51. The van der Waals surface area contributed by atoms with E-state index in [9.17, 15) is 8.42 Å². The average Bonchev–Trinajstić information content (AvgIpc) is 2.34. The maximum Gasteiger partial charge on any atom is 0.301 e. The van der Waals surface area contributed by atoms with Gasteiger partial charge in [0, 0.05) is 13.1 Å². The van der Waals surface area contributed by atoms with Crippen molar-refractivity contribution in [3.8, 4) is 0 Å². The third kappa shape index (κ3) is 3.19. The zero-order chi connectivity index (χ0) is 14.0. The normalized spacial score (nSPS) is 21.3. The minimum Gasteiger partial charge on any atom is -0.397 e. The van der Waals surface area contributed by atoms with Crippen LogP contribution >= 0.6 is 0 Å². The molecule has 1 aliphatic heterocycles. The molecule has 1 unspecified atom stereocenters. The Morgan fingerprint density at radius 1 is 1.42 bits per heavy atom. The number of nitrogen functional groups attached to an aromatic ring is 1. The van der Waals surface area contributed by atoms with Crippen LogP contribution in [-0.4, -0.2) is 25.8 Å². The van der Waals surface area contributed by atoms with Gasteiger partial charge >= 0.3 is 10.2 Å². The summed E-state index contributed by atoms with van der Waals surface area (Å²) in [5, 5.41) is 0. The predicted molar refractivity (Wildman–Crippen MR) is 78.1 cm³/mol. The summed E-state index contributed by atoms with van der Waals surface area (Å²) >= 11 is 0. The maximum atomic E-state index is 12.4. The van der Waals surface area contributed by atoms with E-state index in [0.717, 1.165) is 18.4 Å². The highest BCUT2D eigenvalue weighted by atomic mass is 32.2. The Hall–Kier alpha value is -1.27. The minimum absolute atomic E-state index is 0.402. The number of para-hydroxylation sites is 1. The van der Waals surface area contributed by atoms with Crippen LogP contribution in [0.2, 0.25) is 0 Å². The van der Waals surface area contributed by atoms with Gasteiger partial charge in [0.2, 0.25) is 0 Å². The number of nitrogens with zero attached hydrogens (tertiary/aromatic N) is 1. The van der Waals surface area contributed by atoms with E-state index in [0.29, 0.717) is 30.4 Å². The third-order valence-corrected chi connectivity index (χ3v) is 4.97. The maximum absolute atomic E-state index is 12.4. The van der Waals surface area contributed by atoms with E-state index in [1.54, 1.807) is 6.07 Å². The lowest BCUT2D eigenvalue weighted by Gasteiger charge is -2.30. The first kappa shape index (κ1) is 14.1. The smallest absolute Gasteiger partial charge is 0.301 e. The van der Waals surface area contributed by atoms with E-state index in [-0.39, 0.29) is 0 Å². The molecule has 1 atom stereocenters. The number of nitrogens with one attached hydrogen (secondary N) is 1. The molecule has 1 saturated heterocycles. The molecule has 1 aromatic rings. The summed E-state index contributed by atoms with van der Waals surface area (Å²) in [5.74, 6) is 0.402. The van der Waals surface area contributed by atoms with Crippen LogP contribution < -0.4 is 10.5 Å². The molecule has 1 fully saturated rings. The third-order valence-electron chi connectivity index (χ3n) is 3.50. The van der Waals surface area contributed by atoms with Gasteiger partial charge < -0.3 is 5.73 Å². The molecule has 5 nitrogen and oxygen atoms in total. The Labute approximate surface area is 115 Å². The fourth-order valence-electron chi connectivity index (χ4n) is 2.39. The van der Waals surface area contributed by atoms with Crippen LogP contribution in [0.1, 0.15) is 25.3 Å². The second-order valence-corrected chi connectivity index (χ2v) is 6.92. The molecule has 3 N–H and O–H groups in total. The molecular formula is C13H21N3O2S. The second kappa shape index (κ2) is 5.38. The Morgan fingerprint density at radius 2 is 2.16 bits per heavy atom. The highest BCUT2D eigenvalue weighted by molar-refractivity contribution is 7.90. The molecule has 1 aromatic carbocycles. The Balaban J connectivity index is 2.21. The molecule has 0 amide bonds. The molecule has 2 rings (SSSR count). The van der Waals surface area contributed by atoms with Gasteiger partial charge in [0.25, 0.3) is 0 Å². The fourth-order valence-corrected chi connectivity index (χ4v) is 3.87. The van der Waals surface area contributed by atoms with Gasteiger partial charge in [-0.25, -0.2) is 0 Å². The van der Waals surface area contributed by atoms with Crippen molar-refractivity contribution in [2.75, 3.05) is 23.5 Å². The van der Waals surface area contributed by atoms with Gasteiger partial charge in [-0.05, 0) is 37.3 Å². The van der Waals surface area contributed by atoms with Gasteiger partial charge in [0.15, 0.2) is 0 Å². The number of aryl methyl sites for hydroxylation is 1. The topological polar surface area (TPSA) is 75.4 Å². The van der Waals surface area contributed by atoms with E-state index in [4.69, 9.17) is 5.73 Å². The van der Waals surface area contributed by atoms with Gasteiger partial charge in [-0.1, -0.05) is 19.1 Å². The van der Waals surface area contributed by atoms with E-state index in [2.05, 4.69) is 11.6 Å². The molecular weight excluding hydrogens is 262 g/mol. The van der Waals surface area contributed by atoms with E-state index >= 15 is 0 Å². The van der Waals surface area contributed by atoms with Crippen molar-refractivity contribution in [3.05, 3.63) is 23.8 Å². The fraction of sp³-hybridized carbons (Fsp3) is 0.538. The van der Waals surface area contributed by atoms with Crippen LogP contribution in [-0.2, 0) is 10.2 Å². The quantitative estimate of drug-likeness (QED) is 0.833. The molecule has 19 heavy (non-hydrogen) atoms. The Bertz CT molecular complexity index is 537. The molecule has 0 aromatic heterocycles. The van der Waals surface area contributed by atoms with Gasteiger partial charge in [0.05, 0.1) is 11.4 Å². The highest BCUT2D eigenvalue weighted by Crippen LogP contribution is 2.26. The first-order valence-corrected chi connectivity index (χ1v) is 7.97. The number of nitrogens with two attached hydrogens (primary N) is 1. The molecule has 0 saturated carbocycles. The predicted octanol–water partition coefficient (Wildman–Crippen LogP) is 1.97. The van der Waals surface area contributed by atoms with Gasteiger partial charge in [-0.2, -0.15) is 12.7 Å². The first-order chi connectivity index (χ1) is 8.90. The molecule has 0 spiro atoms. The van der Waals surface area contributed by atoms with E-state index < -0.39 is 10.2 Å². The second-order valence-electron chi connectivity index (χ2n) is 5.25. The SMILES string of the molecule is Cc1cccc(N)c1NS(=O)(=O)N1CCCC(C)C1. The summed E-state index contributed by atoms with van der Waals surface area (Å²) in [6.45, 7) is 5.06. The zero-order valence-corrected chi connectivity index (χ0v) is 12.2. The molecule has 1 aliphatic rings. The summed E-state index contributed by atoms with van der Waals surface area (Å²) in [4.78, 5) is 0. The van der Waals surface area contributed by atoms with Gasteiger partial charge in [-0.15, -0.1) is 0 Å². The lowest BCUT2D eigenvalue weighted by atomic mass is 10.0. The van der Waals surface area contributed by atoms with Crippen LogP contribution in [0.3, 0.4) is 0 Å². The van der Waals surface area contributed by atoms with E-state index in [1.807, 2.05) is 19.1 Å². The van der Waals surface area contributed by atoms with Crippen molar-refractivity contribution in [2.24, 2.45) is 5.92 Å². The van der Waals surface area contributed by atoms with Gasteiger partial charge in [-0.3, -0.25) is 4.72 Å². The van der Waals surface area contributed by atoms with Crippen LogP contribution in [0.4, 0.5) is 11.4 Å². The molecule has 1 heterocycles. The summed E-state index contributed by atoms with van der Waals surface area (Å²) in [6.07, 6.45) is 1.99. The Kier molecular flexibility index (Phi) is 4.01.